The van der Waals surface area contributed by atoms with Crippen LogP contribution in [0.5, 0.6) is 17.2 Å². The van der Waals surface area contributed by atoms with Crippen LogP contribution in [-0.4, -0.2) is 24.3 Å². The van der Waals surface area contributed by atoms with Gasteiger partial charge in [-0.2, -0.15) is 0 Å². The maximum atomic E-state index is 10.1. The van der Waals surface area contributed by atoms with Gasteiger partial charge in [-0.15, -0.1) is 0 Å². The second-order valence-electron chi connectivity index (χ2n) is 5.88. The lowest BCUT2D eigenvalue weighted by atomic mass is 10.1. The second kappa shape index (κ2) is 6.44. The summed E-state index contributed by atoms with van der Waals surface area (Å²) in [5.74, 6) is 0.661. The van der Waals surface area contributed by atoms with Gasteiger partial charge in [-0.05, 0) is 12.1 Å². The molecule has 0 saturated carbocycles. The maximum Gasteiger partial charge on any atom is 0.200 e. The minimum Gasteiger partial charge on any atom is -0.502 e. The zero-order chi connectivity index (χ0) is 18.1. The number of nitrogens with zero attached hydrogens (tertiary/aromatic N) is 1. The minimum atomic E-state index is -0.0232. The third-order valence-electron chi connectivity index (χ3n) is 4.34. The first-order valence-corrected chi connectivity index (χ1v) is 8.20. The monoisotopic (exact) mass is 346 g/mol. The second-order valence-corrected chi connectivity index (χ2v) is 5.88. The van der Waals surface area contributed by atoms with Gasteiger partial charge in [0.2, 0.25) is 5.75 Å². The number of pyridine rings is 1. The predicted molar refractivity (Wildman–Crippen MR) is 104 cm³/mol. The quantitative estimate of drug-likeness (QED) is 0.408. The van der Waals surface area contributed by atoms with Crippen molar-refractivity contribution in [1.82, 2.24) is 4.98 Å². The number of nitrogens with one attached hydrogen (secondary N) is 1. The van der Waals surface area contributed by atoms with E-state index < -0.39 is 0 Å². The van der Waals surface area contributed by atoms with Crippen molar-refractivity contribution in [3.63, 3.8) is 0 Å². The molecular formula is C21H18N2O3. The van der Waals surface area contributed by atoms with Crippen LogP contribution in [0.25, 0.3) is 21.8 Å². The number of aromatic hydroxyl groups is 1. The smallest absolute Gasteiger partial charge is 0.200 e. The van der Waals surface area contributed by atoms with Crippen LogP contribution in [-0.2, 0) is 0 Å². The Morgan fingerprint density at radius 2 is 1.31 bits per heavy atom. The highest BCUT2D eigenvalue weighted by Gasteiger charge is 2.14. The Morgan fingerprint density at radius 1 is 0.808 bits per heavy atom. The van der Waals surface area contributed by atoms with Gasteiger partial charge < -0.3 is 19.9 Å². The van der Waals surface area contributed by atoms with Crippen molar-refractivity contribution >= 4 is 33.2 Å². The fraction of sp³-hybridized carbons (Fsp3) is 0.0952. The van der Waals surface area contributed by atoms with E-state index in [4.69, 9.17) is 14.5 Å². The normalized spacial score (nSPS) is 10.8. The SMILES string of the molecule is COc1cc(Nc2c3ccccc3nc3ccccc23)cc(OC)c1O. The number of rotatable bonds is 4. The van der Waals surface area contributed by atoms with Crippen molar-refractivity contribution in [3.8, 4) is 17.2 Å². The molecule has 5 nitrogen and oxygen atoms in total. The first-order chi connectivity index (χ1) is 12.7. The van der Waals surface area contributed by atoms with E-state index in [1.165, 1.54) is 14.2 Å². The molecule has 3 aromatic carbocycles. The molecule has 0 aliphatic carbocycles. The first kappa shape index (κ1) is 16.0. The molecule has 2 N–H and O–H groups in total. The Labute approximate surface area is 150 Å². The number of phenols is 1. The Morgan fingerprint density at radius 3 is 1.81 bits per heavy atom. The summed E-state index contributed by atoms with van der Waals surface area (Å²) >= 11 is 0. The first-order valence-electron chi connectivity index (χ1n) is 8.20. The van der Waals surface area contributed by atoms with Crippen molar-refractivity contribution in [2.75, 3.05) is 19.5 Å². The molecule has 0 bridgehead atoms. The third-order valence-corrected chi connectivity index (χ3v) is 4.34. The fourth-order valence-corrected chi connectivity index (χ4v) is 3.08. The zero-order valence-corrected chi connectivity index (χ0v) is 14.5. The van der Waals surface area contributed by atoms with Gasteiger partial charge in [0.25, 0.3) is 0 Å². The van der Waals surface area contributed by atoms with Gasteiger partial charge in [-0.3, -0.25) is 0 Å². The Hall–Kier alpha value is -3.47. The Bertz CT molecular complexity index is 1030. The number of hydrogen-bond acceptors (Lipinski definition) is 5. The lowest BCUT2D eigenvalue weighted by Crippen LogP contribution is -1.97. The molecule has 1 aromatic heterocycles. The van der Waals surface area contributed by atoms with E-state index in [-0.39, 0.29) is 5.75 Å². The maximum absolute atomic E-state index is 10.1. The van der Waals surface area contributed by atoms with Crippen molar-refractivity contribution in [2.24, 2.45) is 0 Å². The number of ether oxygens (including phenoxy) is 2. The van der Waals surface area contributed by atoms with Gasteiger partial charge in [0.1, 0.15) is 0 Å². The molecule has 4 aromatic rings. The van der Waals surface area contributed by atoms with E-state index in [0.717, 1.165) is 33.2 Å². The van der Waals surface area contributed by atoms with Gasteiger partial charge in [-0.25, -0.2) is 4.98 Å². The summed E-state index contributed by atoms with van der Waals surface area (Å²) in [5.41, 5.74) is 3.51. The van der Waals surface area contributed by atoms with Gasteiger partial charge in [0.15, 0.2) is 11.5 Å². The number of aromatic nitrogens is 1. The highest BCUT2D eigenvalue weighted by Crippen LogP contribution is 2.41. The summed E-state index contributed by atoms with van der Waals surface area (Å²) in [6.45, 7) is 0. The molecule has 0 aliphatic rings. The summed E-state index contributed by atoms with van der Waals surface area (Å²) in [4.78, 5) is 4.73. The van der Waals surface area contributed by atoms with E-state index in [9.17, 15) is 5.11 Å². The predicted octanol–water partition coefficient (Wildman–Crippen LogP) is 4.85. The fourth-order valence-electron chi connectivity index (χ4n) is 3.08. The summed E-state index contributed by atoms with van der Waals surface area (Å²) in [6.07, 6.45) is 0. The molecule has 5 heteroatoms. The minimum absolute atomic E-state index is 0.0232. The molecule has 0 spiro atoms. The van der Waals surface area contributed by atoms with E-state index >= 15 is 0 Å². The van der Waals surface area contributed by atoms with Crippen LogP contribution in [0.3, 0.4) is 0 Å². The summed E-state index contributed by atoms with van der Waals surface area (Å²) < 4.78 is 10.5. The number of fused-ring (bicyclic) bond motifs is 2. The number of benzene rings is 3. The Balaban J connectivity index is 1.94. The summed E-state index contributed by atoms with van der Waals surface area (Å²) in [5, 5.41) is 15.6. The molecule has 4 rings (SSSR count). The molecule has 0 unspecified atom stereocenters. The molecule has 0 radical (unpaired) electrons. The van der Waals surface area contributed by atoms with Crippen molar-refractivity contribution in [1.29, 1.82) is 0 Å². The summed E-state index contributed by atoms with van der Waals surface area (Å²) in [6, 6.07) is 19.4. The van der Waals surface area contributed by atoms with Crippen LogP contribution in [0.4, 0.5) is 11.4 Å². The highest BCUT2D eigenvalue weighted by atomic mass is 16.5. The molecule has 130 valence electrons. The topological polar surface area (TPSA) is 63.6 Å². The summed E-state index contributed by atoms with van der Waals surface area (Å²) in [7, 11) is 3.02. The Kier molecular flexibility index (Phi) is 3.97. The number of hydrogen-bond donors (Lipinski definition) is 2. The van der Waals surface area contributed by atoms with Gasteiger partial charge in [-0.1, -0.05) is 36.4 Å². The number of anilines is 2. The van der Waals surface area contributed by atoms with Crippen molar-refractivity contribution in [3.05, 3.63) is 60.7 Å². The average Bonchev–Trinajstić information content (AvgIpc) is 2.68. The number of phenolic OH excluding ortho intramolecular Hbond substituents is 1. The molecule has 0 atom stereocenters. The number of methoxy groups -OCH3 is 2. The molecule has 1 heterocycles. The van der Waals surface area contributed by atoms with Crippen molar-refractivity contribution in [2.45, 2.75) is 0 Å². The van der Waals surface area contributed by atoms with Crippen molar-refractivity contribution < 1.29 is 14.6 Å². The molecule has 0 aliphatic heterocycles. The van der Waals surface area contributed by atoms with Crippen LogP contribution in [0.15, 0.2) is 60.7 Å². The van der Waals surface area contributed by atoms with Gasteiger partial charge in [0, 0.05) is 28.6 Å². The third kappa shape index (κ3) is 2.63. The average molecular weight is 346 g/mol. The van der Waals surface area contributed by atoms with Gasteiger partial charge >= 0.3 is 0 Å². The van der Waals surface area contributed by atoms with Gasteiger partial charge in [0.05, 0.1) is 30.9 Å². The molecule has 0 fully saturated rings. The highest BCUT2D eigenvalue weighted by molar-refractivity contribution is 6.08. The lowest BCUT2D eigenvalue weighted by molar-refractivity contribution is 0.340. The van der Waals surface area contributed by atoms with E-state index in [1.807, 2.05) is 48.5 Å². The molecule has 0 amide bonds. The van der Waals surface area contributed by atoms with E-state index in [2.05, 4.69) is 5.32 Å². The van der Waals surface area contributed by atoms with Crippen LogP contribution < -0.4 is 14.8 Å². The molecule has 0 saturated heterocycles. The largest absolute Gasteiger partial charge is 0.502 e. The van der Waals surface area contributed by atoms with E-state index in [1.54, 1.807) is 12.1 Å². The standard InChI is InChI=1S/C21H18N2O3/c1-25-18-11-13(12-19(26-2)21(18)24)22-20-14-7-3-5-9-16(14)23-17-10-6-4-8-15(17)20/h3-12,24H,1-2H3,(H,22,23). The zero-order valence-electron chi connectivity index (χ0n) is 14.5. The van der Waals surface area contributed by atoms with Crippen LogP contribution in [0.1, 0.15) is 0 Å². The van der Waals surface area contributed by atoms with Crippen LogP contribution in [0.2, 0.25) is 0 Å². The van der Waals surface area contributed by atoms with Crippen LogP contribution >= 0.6 is 0 Å². The lowest BCUT2D eigenvalue weighted by Gasteiger charge is -2.16. The van der Waals surface area contributed by atoms with Crippen LogP contribution in [0, 0.1) is 0 Å². The molecular weight excluding hydrogens is 328 g/mol. The number of para-hydroxylation sites is 2. The molecule has 26 heavy (non-hydrogen) atoms. The van der Waals surface area contributed by atoms with E-state index in [0.29, 0.717) is 11.5 Å².